The van der Waals surface area contributed by atoms with E-state index in [-0.39, 0.29) is 0 Å². The summed E-state index contributed by atoms with van der Waals surface area (Å²) in [6.07, 6.45) is 0.966. The molecule has 3 aromatic rings. The van der Waals surface area contributed by atoms with Crippen LogP contribution < -0.4 is 0 Å². The fourth-order valence-corrected chi connectivity index (χ4v) is 3.42. The number of rotatable bonds is 1. The van der Waals surface area contributed by atoms with Crippen molar-refractivity contribution in [1.29, 1.82) is 0 Å². The van der Waals surface area contributed by atoms with Gasteiger partial charge in [-0.25, -0.2) is 0 Å². The number of nitrogens with zero attached hydrogens (tertiary/aromatic N) is 1. The van der Waals surface area contributed by atoms with E-state index in [9.17, 15) is 0 Å². The summed E-state index contributed by atoms with van der Waals surface area (Å²) in [6.45, 7) is 1.91. The normalized spacial score (nSPS) is 15.3. The van der Waals surface area contributed by atoms with Gasteiger partial charge in [0.25, 0.3) is 0 Å². The monoisotopic (exact) mass is 297 g/mol. The molecule has 0 atom stereocenters. The minimum Gasteiger partial charge on any atom is -0.456 e. The van der Waals surface area contributed by atoms with Crippen LogP contribution in [0.1, 0.15) is 11.1 Å². The van der Waals surface area contributed by atoms with Gasteiger partial charge < -0.3 is 9.32 Å². The highest BCUT2D eigenvalue weighted by molar-refractivity contribution is 6.32. The van der Waals surface area contributed by atoms with Crippen molar-refractivity contribution in [2.75, 3.05) is 13.6 Å². The predicted molar refractivity (Wildman–Crippen MR) is 86.7 cm³/mol. The lowest BCUT2D eigenvalue weighted by molar-refractivity contribution is 0.335. The van der Waals surface area contributed by atoms with Gasteiger partial charge in [0.2, 0.25) is 0 Å². The van der Waals surface area contributed by atoms with Crippen LogP contribution in [0.5, 0.6) is 0 Å². The van der Waals surface area contributed by atoms with Crippen molar-refractivity contribution in [3.05, 3.63) is 58.6 Å². The minimum absolute atomic E-state index is 0.847. The Balaban J connectivity index is 2.05. The summed E-state index contributed by atoms with van der Waals surface area (Å²) in [5.41, 5.74) is 4.55. The zero-order chi connectivity index (χ0) is 14.4. The molecule has 1 aliphatic heterocycles. The molecule has 0 saturated carbocycles. The van der Waals surface area contributed by atoms with Gasteiger partial charge >= 0.3 is 0 Å². The van der Waals surface area contributed by atoms with Gasteiger partial charge in [0.1, 0.15) is 11.3 Å². The van der Waals surface area contributed by atoms with E-state index >= 15 is 0 Å². The Morgan fingerprint density at radius 2 is 1.86 bits per heavy atom. The molecule has 2 heterocycles. The van der Waals surface area contributed by atoms with E-state index in [0.717, 1.165) is 41.4 Å². The van der Waals surface area contributed by atoms with Gasteiger partial charge in [-0.1, -0.05) is 41.9 Å². The van der Waals surface area contributed by atoms with Crippen LogP contribution in [-0.4, -0.2) is 18.5 Å². The number of benzene rings is 2. The van der Waals surface area contributed by atoms with Crippen molar-refractivity contribution in [2.24, 2.45) is 0 Å². The quantitative estimate of drug-likeness (QED) is 0.645. The van der Waals surface area contributed by atoms with Crippen LogP contribution in [0.15, 0.2) is 46.9 Å². The Bertz CT molecular complexity index is 807. The van der Waals surface area contributed by atoms with E-state index in [1.54, 1.807) is 0 Å². The molecule has 0 bridgehead atoms. The van der Waals surface area contributed by atoms with Crippen molar-refractivity contribution < 1.29 is 4.42 Å². The molecule has 0 amide bonds. The molecule has 0 N–H and O–H groups in total. The molecule has 4 rings (SSSR count). The average Bonchev–Trinajstić information content (AvgIpc) is 2.76. The van der Waals surface area contributed by atoms with Crippen molar-refractivity contribution in [3.8, 4) is 11.3 Å². The Kier molecular flexibility index (Phi) is 3.02. The highest BCUT2D eigenvalue weighted by Gasteiger charge is 2.23. The van der Waals surface area contributed by atoms with Crippen molar-refractivity contribution >= 4 is 22.6 Å². The fourth-order valence-electron chi connectivity index (χ4n) is 3.17. The first-order valence-electron chi connectivity index (χ1n) is 7.21. The molecule has 21 heavy (non-hydrogen) atoms. The van der Waals surface area contributed by atoms with Gasteiger partial charge in [-0.05, 0) is 31.2 Å². The maximum absolute atomic E-state index is 6.42. The van der Waals surface area contributed by atoms with Crippen LogP contribution in [-0.2, 0) is 13.0 Å². The van der Waals surface area contributed by atoms with Gasteiger partial charge in [0, 0.05) is 34.6 Å². The molecule has 1 aliphatic rings. The van der Waals surface area contributed by atoms with Crippen molar-refractivity contribution in [3.63, 3.8) is 0 Å². The Morgan fingerprint density at radius 3 is 2.67 bits per heavy atom. The lowest BCUT2D eigenvalue weighted by Gasteiger charge is -2.13. The summed E-state index contributed by atoms with van der Waals surface area (Å²) in [5, 5.41) is 2.06. The second-order valence-electron chi connectivity index (χ2n) is 5.66. The first kappa shape index (κ1) is 12.9. The van der Waals surface area contributed by atoms with Crippen LogP contribution in [0.2, 0.25) is 5.02 Å². The molecular formula is C18H16ClNO. The van der Waals surface area contributed by atoms with Crippen LogP contribution in [0.4, 0.5) is 0 Å². The molecule has 0 spiro atoms. The number of halogens is 1. The molecule has 0 saturated heterocycles. The number of furan rings is 1. The average molecular weight is 298 g/mol. The molecule has 0 radical (unpaired) electrons. The second kappa shape index (κ2) is 4.90. The summed E-state index contributed by atoms with van der Waals surface area (Å²) in [6, 6.07) is 14.3. The summed E-state index contributed by atoms with van der Waals surface area (Å²) >= 11 is 6.42. The van der Waals surface area contributed by atoms with Crippen molar-refractivity contribution in [1.82, 2.24) is 4.90 Å². The fraction of sp³-hybridized carbons (Fsp3) is 0.222. The first-order valence-corrected chi connectivity index (χ1v) is 7.58. The zero-order valence-corrected chi connectivity index (χ0v) is 12.7. The third-order valence-electron chi connectivity index (χ3n) is 4.21. The summed E-state index contributed by atoms with van der Waals surface area (Å²) < 4.78 is 6.17. The first-order chi connectivity index (χ1) is 10.2. The third-order valence-corrected chi connectivity index (χ3v) is 4.57. The molecule has 1 aromatic heterocycles. The van der Waals surface area contributed by atoms with E-state index < -0.39 is 0 Å². The van der Waals surface area contributed by atoms with Gasteiger partial charge in [-0.15, -0.1) is 0 Å². The van der Waals surface area contributed by atoms with E-state index in [2.05, 4.69) is 24.1 Å². The molecular weight excluding hydrogens is 282 g/mol. The van der Waals surface area contributed by atoms with Crippen LogP contribution in [0.3, 0.4) is 0 Å². The number of likely N-dealkylation sites (N-methyl/N-ethyl adjacent to an activating group) is 1. The smallest absolute Gasteiger partial charge is 0.139 e. The van der Waals surface area contributed by atoms with Crippen molar-refractivity contribution in [2.45, 2.75) is 13.0 Å². The highest BCUT2D eigenvalue weighted by atomic mass is 35.5. The molecule has 0 fully saturated rings. The lowest BCUT2D eigenvalue weighted by Crippen LogP contribution is -2.18. The Labute approximate surface area is 128 Å². The maximum Gasteiger partial charge on any atom is 0.139 e. The number of hydrogen-bond acceptors (Lipinski definition) is 2. The molecule has 0 unspecified atom stereocenters. The molecule has 3 heteroatoms. The minimum atomic E-state index is 0.847. The Morgan fingerprint density at radius 1 is 1.05 bits per heavy atom. The summed E-state index contributed by atoms with van der Waals surface area (Å²) in [7, 11) is 2.15. The SMILES string of the molecule is CN1CCc2c(Cl)ccc3oc(-c4ccccc4)c(c23)C1. The summed E-state index contributed by atoms with van der Waals surface area (Å²) in [5.74, 6) is 0.975. The van der Waals surface area contributed by atoms with Gasteiger partial charge in [0.15, 0.2) is 0 Å². The van der Waals surface area contributed by atoms with E-state index in [4.69, 9.17) is 16.0 Å². The van der Waals surface area contributed by atoms with E-state index in [1.807, 2.05) is 30.3 Å². The lowest BCUT2D eigenvalue weighted by atomic mass is 10.0. The summed E-state index contributed by atoms with van der Waals surface area (Å²) in [4.78, 5) is 2.33. The largest absolute Gasteiger partial charge is 0.456 e. The molecule has 2 nitrogen and oxygen atoms in total. The maximum atomic E-state index is 6.42. The van der Waals surface area contributed by atoms with E-state index in [1.165, 1.54) is 16.5 Å². The molecule has 0 aliphatic carbocycles. The highest BCUT2D eigenvalue weighted by Crippen LogP contribution is 2.40. The standard InChI is InChI=1S/C18H16ClNO/c1-20-10-9-13-15(19)7-8-16-17(13)14(11-20)18(21-16)12-5-3-2-4-6-12/h2-8H,9-11H2,1H3. The predicted octanol–water partition coefficient (Wildman–Crippen LogP) is 4.74. The van der Waals surface area contributed by atoms with Crippen LogP contribution in [0, 0.1) is 0 Å². The van der Waals surface area contributed by atoms with Crippen LogP contribution in [0.25, 0.3) is 22.3 Å². The number of hydrogen-bond donors (Lipinski definition) is 0. The van der Waals surface area contributed by atoms with E-state index in [0.29, 0.717) is 0 Å². The Hall–Kier alpha value is -1.77. The molecule has 2 aromatic carbocycles. The van der Waals surface area contributed by atoms with Crippen LogP contribution >= 0.6 is 11.6 Å². The topological polar surface area (TPSA) is 16.4 Å². The van der Waals surface area contributed by atoms with Gasteiger partial charge in [-0.3, -0.25) is 0 Å². The second-order valence-corrected chi connectivity index (χ2v) is 6.07. The third kappa shape index (κ3) is 2.06. The zero-order valence-electron chi connectivity index (χ0n) is 11.9. The molecule has 106 valence electrons. The van der Waals surface area contributed by atoms with Gasteiger partial charge in [-0.2, -0.15) is 0 Å². The van der Waals surface area contributed by atoms with Gasteiger partial charge in [0.05, 0.1) is 0 Å².